The summed E-state index contributed by atoms with van der Waals surface area (Å²) in [7, 11) is -3.18. The van der Waals surface area contributed by atoms with E-state index in [4.69, 9.17) is 4.74 Å². The molecule has 0 spiro atoms. The lowest BCUT2D eigenvalue weighted by atomic mass is 10.2. The van der Waals surface area contributed by atoms with Gasteiger partial charge in [-0.25, -0.2) is 21.1 Å². The Hall–Kier alpha value is -2.47. The van der Waals surface area contributed by atoms with Gasteiger partial charge in [-0.15, -0.1) is 0 Å². The number of nitrogens with zero attached hydrogens (tertiary/aromatic N) is 2. The molecule has 2 aromatic carbocycles. The van der Waals surface area contributed by atoms with Crippen molar-refractivity contribution in [2.24, 2.45) is 0 Å². The van der Waals surface area contributed by atoms with Crippen LogP contribution in [-0.4, -0.2) is 65.6 Å². The SMILES string of the molecule is COc1ccc(S(=O)(=O)N2CCCC2)cc1NC(=O)c1cccc(S(=O)(=O)N(C)C)c1. The number of ether oxygens (including phenoxy) is 1. The van der Waals surface area contributed by atoms with Crippen LogP contribution in [-0.2, 0) is 20.0 Å². The summed E-state index contributed by atoms with van der Waals surface area (Å²) >= 11 is 0. The summed E-state index contributed by atoms with van der Waals surface area (Å²) in [6, 6.07) is 9.87. The van der Waals surface area contributed by atoms with Gasteiger partial charge >= 0.3 is 0 Å². The number of methoxy groups -OCH3 is 1. The van der Waals surface area contributed by atoms with Crippen molar-refractivity contribution in [3.05, 3.63) is 48.0 Å². The van der Waals surface area contributed by atoms with Crippen molar-refractivity contribution >= 4 is 31.6 Å². The Bertz CT molecular complexity index is 1190. The summed E-state index contributed by atoms with van der Waals surface area (Å²) in [5.41, 5.74) is 0.284. The lowest BCUT2D eigenvalue weighted by molar-refractivity contribution is 0.102. The van der Waals surface area contributed by atoms with E-state index in [2.05, 4.69) is 5.32 Å². The third-order valence-corrected chi connectivity index (χ3v) is 8.70. The van der Waals surface area contributed by atoms with Gasteiger partial charge in [0.25, 0.3) is 5.91 Å². The number of sulfonamides is 2. The van der Waals surface area contributed by atoms with Crippen molar-refractivity contribution in [2.75, 3.05) is 39.6 Å². The van der Waals surface area contributed by atoms with E-state index >= 15 is 0 Å². The lowest BCUT2D eigenvalue weighted by Gasteiger charge is -2.17. The molecule has 168 valence electrons. The number of nitrogens with one attached hydrogen (secondary N) is 1. The second-order valence-electron chi connectivity index (χ2n) is 7.24. The molecule has 0 radical (unpaired) electrons. The maximum atomic E-state index is 12.9. The van der Waals surface area contributed by atoms with E-state index in [0.29, 0.717) is 13.1 Å². The van der Waals surface area contributed by atoms with Crippen LogP contribution in [0.25, 0.3) is 0 Å². The number of rotatable bonds is 7. The summed E-state index contributed by atoms with van der Waals surface area (Å²) < 4.78 is 58.1. The number of hydrogen-bond donors (Lipinski definition) is 1. The molecular formula is C20H25N3O6S2. The van der Waals surface area contributed by atoms with Crippen molar-refractivity contribution in [1.29, 1.82) is 0 Å². The first-order valence-electron chi connectivity index (χ1n) is 9.59. The van der Waals surface area contributed by atoms with Crippen LogP contribution in [0.1, 0.15) is 23.2 Å². The average molecular weight is 468 g/mol. The van der Waals surface area contributed by atoms with E-state index in [0.717, 1.165) is 17.1 Å². The van der Waals surface area contributed by atoms with Gasteiger partial charge in [0.2, 0.25) is 20.0 Å². The molecule has 1 aliphatic heterocycles. The Labute approximate surface area is 182 Å². The fraction of sp³-hybridized carbons (Fsp3) is 0.350. The van der Waals surface area contributed by atoms with Crippen molar-refractivity contribution in [3.63, 3.8) is 0 Å². The number of benzene rings is 2. The van der Waals surface area contributed by atoms with E-state index < -0.39 is 26.0 Å². The topological polar surface area (TPSA) is 113 Å². The minimum atomic E-state index is -3.71. The largest absolute Gasteiger partial charge is 0.495 e. The van der Waals surface area contributed by atoms with E-state index in [1.807, 2.05) is 0 Å². The molecule has 2 aromatic rings. The van der Waals surface area contributed by atoms with Crippen LogP contribution in [0.3, 0.4) is 0 Å². The predicted octanol–water partition coefficient (Wildman–Crippen LogP) is 1.98. The van der Waals surface area contributed by atoms with Gasteiger partial charge in [0.1, 0.15) is 5.75 Å². The second kappa shape index (κ2) is 8.95. The molecule has 1 fully saturated rings. The van der Waals surface area contributed by atoms with Crippen LogP contribution in [0.4, 0.5) is 5.69 Å². The Morgan fingerprint density at radius 3 is 2.29 bits per heavy atom. The standard InChI is InChI=1S/C20H25N3O6S2/c1-22(2)30(25,26)16-8-6-7-15(13-16)20(24)21-18-14-17(9-10-19(18)29-3)31(27,28)23-11-4-5-12-23/h6-10,13-14H,4-5,11-12H2,1-3H3,(H,21,24). The monoisotopic (exact) mass is 467 g/mol. The zero-order valence-corrected chi connectivity index (χ0v) is 19.2. The fourth-order valence-corrected chi connectivity index (χ4v) is 5.72. The number of carbonyl (C=O) groups is 1. The number of anilines is 1. The Balaban J connectivity index is 1.93. The normalized spacial score (nSPS) is 15.2. The van der Waals surface area contributed by atoms with Crippen LogP contribution in [0, 0.1) is 0 Å². The van der Waals surface area contributed by atoms with Gasteiger partial charge in [0.15, 0.2) is 0 Å². The first-order chi connectivity index (χ1) is 14.6. The van der Waals surface area contributed by atoms with Crippen LogP contribution < -0.4 is 10.1 Å². The molecule has 0 atom stereocenters. The van der Waals surface area contributed by atoms with Crippen LogP contribution in [0.5, 0.6) is 5.75 Å². The minimum absolute atomic E-state index is 0.0255. The second-order valence-corrected chi connectivity index (χ2v) is 11.3. The van der Waals surface area contributed by atoms with E-state index in [-0.39, 0.29) is 26.8 Å². The van der Waals surface area contributed by atoms with Gasteiger partial charge in [-0.2, -0.15) is 4.31 Å². The fourth-order valence-electron chi connectivity index (χ4n) is 3.23. The zero-order valence-electron chi connectivity index (χ0n) is 17.5. The minimum Gasteiger partial charge on any atom is -0.495 e. The highest BCUT2D eigenvalue weighted by molar-refractivity contribution is 7.89. The lowest BCUT2D eigenvalue weighted by Crippen LogP contribution is -2.28. The Kier molecular flexibility index (Phi) is 6.70. The van der Waals surface area contributed by atoms with Gasteiger partial charge in [0.05, 0.1) is 22.6 Å². The van der Waals surface area contributed by atoms with E-state index in [1.165, 1.54) is 68.0 Å². The summed E-state index contributed by atoms with van der Waals surface area (Å²) in [6.07, 6.45) is 1.62. The molecule has 31 heavy (non-hydrogen) atoms. The van der Waals surface area contributed by atoms with Crippen LogP contribution in [0.15, 0.2) is 52.3 Å². The smallest absolute Gasteiger partial charge is 0.255 e. The van der Waals surface area contributed by atoms with Gasteiger partial charge in [-0.1, -0.05) is 6.07 Å². The van der Waals surface area contributed by atoms with Crippen molar-refractivity contribution in [1.82, 2.24) is 8.61 Å². The molecule has 3 rings (SSSR count). The Morgan fingerprint density at radius 2 is 1.68 bits per heavy atom. The third-order valence-electron chi connectivity index (χ3n) is 5.00. The average Bonchev–Trinajstić information content (AvgIpc) is 3.29. The molecule has 1 heterocycles. The molecule has 1 aliphatic rings. The quantitative estimate of drug-likeness (QED) is 0.666. The molecule has 0 bridgehead atoms. The molecule has 1 saturated heterocycles. The first-order valence-corrected chi connectivity index (χ1v) is 12.5. The maximum absolute atomic E-state index is 12.9. The van der Waals surface area contributed by atoms with Crippen LogP contribution >= 0.6 is 0 Å². The number of amides is 1. The molecular weight excluding hydrogens is 442 g/mol. The summed E-state index contributed by atoms with van der Waals surface area (Å²) in [6.45, 7) is 0.923. The molecule has 9 nitrogen and oxygen atoms in total. The molecule has 1 amide bonds. The van der Waals surface area contributed by atoms with Gasteiger partial charge in [-0.3, -0.25) is 4.79 Å². The zero-order chi connectivity index (χ0) is 22.8. The molecule has 0 aliphatic carbocycles. The summed E-state index contributed by atoms with van der Waals surface area (Å²) in [4.78, 5) is 12.8. The highest BCUT2D eigenvalue weighted by Crippen LogP contribution is 2.30. The Morgan fingerprint density at radius 1 is 1.00 bits per heavy atom. The van der Waals surface area contributed by atoms with Gasteiger partial charge in [-0.05, 0) is 49.2 Å². The van der Waals surface area contributed by atoms with E-state index in [9.17, 15) is 21.6 Å². The van der Waals surface area contributed by atoms with Crippen molar-refractivity contribution < 1.29 is 26.4 Å². The molecule has 0 unspecified atom stereocenters. The summed E-state index contributed by atoms with van der Waals surface area (Å²) in [5.74, 6) is -0.310. The predicted molar refractivity (Wildman–Crippen MR) is 116 cm³/mol. The maximum Gasteiger partial charge on any atom is 0.255 e. The molecule has 1 N–H and O–H groups in total. The van der Waals surface area contributed by atoms with Crippen molar-refractivity contribution in [3.8, 4) is 5.75 Å². The number of carbonyl (C=O) groups excluding carboxylic acids is 1. The molecule has 0 saturated carbocycles. The molecule has 11 heteroatoms. The van der Waals surface area contributed by atoms with E-state index in [1.54, 1.807) is 0 Å². The highest BCUT2D eigenvalue weighted by Gasteiger charge is 2.28. The molecule has 0 aromatic heterocycles. The van der Waals surface area contributed by atoms with Crippen molar-refractivity contribution in [2.45, 2.75) is 22.6 Å². The highest BCUT2D eigenvalue weighted by atomic mass is 32.2. The third kappa shape index (κ3) is 4.74. The first kappa shape index (κ1) is 23.2. The number of hydrogen-bond acceptors (Lipinski definition) is 6. The van der Waals surface area contributed by atoms with Gasteiger partial charge < -0.3 is 10.1 Å². The summed E-state index contributed by atoms with van der Waals surface area (Å²) in [5, 5.41) is 2.63. The van der Waals surface area contributed by atoms with Crippen LogP contribution in [0.2, 0.25) is 0 Å². The van der Waals surface area contributed by atoms with Gasteiger partial charge in [0, 0.05) is 32.7 Å².